The first-order chi connectivity index (χ1) is 16.6. The van der Waals surface area contributed by atoms with Gasteiger partial charge >= 0.3 is 5.97 Å². The molecule has 5 rings (SSSR count). The number of hydrogen-bond acceptors (Lipinski definition) is 6. The highest BCUT2D eigenvalue weighted by Gasteiger charge is 2.21. The third-order valence-electron chi connectivity index (χ3n) is 6.10. The van der Waals surface area contributed by atoms with Crippen LogP contribution in [-0.4, -0.2) is 43.2 Å². The minimum atomic E-state index is -0.327. The molecule has 0 fully saturated rings. The normalized spacial score (nSPS) is 13.6. The topological polar surface area (TPSA) is 60.9 Å². The lowest BCUT2D eigenvalue weighted by atomic mass is 10.0. The van der Waals surface area contributed by atoms with E-state index in [2.05, 4.69) is 28.1 Å². The number of aromatic nitrogens is 1. The number of rotatable bonds is 5. The molecule has 34 heavy (non-hydrogen) atoms. The minimum Gasteiger partial charge on any atom is -0.493 e. The van der Waals surface area contributed by atoms with Crippen LogP contribution in [0.3, 0.4) is 0 Å². The zero-order valence-electron chi connectivity index (χ0n) is 19.3. The van der Waals surface area contributed by atoms with Crippen LogP contribution in [0.25, 0.3) is 22.0 Å². The van der Waals surface area contributed by atoms with Crippen LogP contribution in [0.2, 0.25) is 0 Å². The third-order valence-corrected chi connectivity index (χ3v) is 6.10. The molecule has 172 valence electrons. The lowest BCUT2D eigenvalue weighted by molar-refractivity contribution is 0.0600. The molecule has 0 unspecified atom stereocenters. The van der Waals surface area contributed by atoms with Gasteiger partial charge in [0.15, 0.2) is 11.5 Å². The Bertz CT molecular complexity index is 1330. The number of methoxy groups -OCH3 is 2. The minimum absolute atomic E-state index is 0.327. The van der Waals surface area contributed by atoms with E-state index in [0.717, 1.165) is 64.3 Å². The number of esters is 1. The van der Waals surface area contributed by atoms with E-state index in [-0.39, 0.29) is 5.97 Å². The van der Waals surface area contributed by atoms with Crippen LogP contribution in [0.1, 0.15) is 21.5 Å². The predicted octanol–water partition coefficient (Wildman–Crippen LogP) is 5.09. The summed E-state index contributed by atoms with van der Waals surface area (Å²) < 4.78 is 16.6. The molecule has 0 spiro atoms. The fourth-order valence-corrected chi connectivity index (χ4v) is 4.34. The van der Waals surface area contributed by atoms with Crippen molar-refractivity contribution in [3.63, 3.8) is 0 Å². The van der Waals surface area contributed by atoms with Crippen molar-refractivity contribution in [3.05, 3.63) is 89.6 Å². The summed E-state index contributed by atoms with van der Waals surface area (Å²) in [4.78, 5) is 18.7. The van der Waals surface area contributed by atoms with E-state index in [1.54, 1.807) is 19.2 Å². The molecule has 0 saturated heterocycles. The summed E-state index contributed by atoms with van der Waals surface area (Å²) in [6.45, 7) is 2.82. The van der Waals surface area contributed by atoms with Crippen LogP contribution in [0.4, 0.5) is 0 Å². The van der Waals surface area contributed by atoms with Crippen molar-refractivity contribution in [2.75, 3.05) is 27.4 Å². The van der Waals surface area contributed by atoms with Gasteiger partial charge in [0.25, 0.3) is 0 Å². The first-order valence-electron chi connectivity index (χ1n) is 11.2. The van der Waals surface area contributed by atoms with Crippen LogP contribution in [0.5, 0.6) is 11.5 Å². The van der Waals surface area contributed by atoms with Crippen molar-refractivity contribution in [1.29, 1.82) is 0 Å². The Labute approximate surface area is 198 Å². The first-order valence-corrected chi connectivity index (χ1v) is 11.2. The third kappa shape index (κ3) is 4.45. The van der Waals surface area contributed by atoms with Gasteiger partial charge in [0.1, 0.15) is 6.61 Å². The van der Waals surface area contributed by atoms with Crippen molar-refractivity contribution < 1.29 is 19.0 Å². The van der Waals surface area contributed by atoms with Crippen molar-refractivity contribution in [1.82, 2.24) is 9.88 Å². The Morgan fingerprint density at radius 1 is 1.03 bits per heavy atom. The van der Waals surface area contributed by atoms with Gasteiger partial charge in [-0.2, -0.15) is 0 Å². The summed E-state index contributed by atoms with van der Waals surface area (Å²) >= 11 is 0. The summed E-state index contributed by atoms with van der Waals surface area (Å²) in [5.41, 5.74) is 5.80. The van der Waals surface area contributed by atoms with Crippen molar-refractivity contribution >= 4 is 16.9 Å². The largest absolute Gasteiger partial charge is 0.493 e. The van der Waals surface area contributed by atoms with E-state index >= 15 is 0 Å². The van der Waals surface area contributed by atoms with Crippen LogP contribution in [0, 0.1) is 0 Å². The number of carbonyl (C=O) groups excluding carboxylic acids is 1. The number of nitrogens with zero attached hydrogens (tertiary/aromatic N) is 2. The number of carbonyl (C=O) groups is 1. The molecule has 0 atom stereocenters. The average Bonchev–Trinajstić information content (AvgIpc) is 3.09. The van der Waals surface area contributed by atoms with E-state index in [4.69, 9.17) is 14.2 Å². The molecule has 6 nitrogen and oxygen atoms in total. The van der Waals surface area contributed by atoms with E-state index in [9.17, 15) is 4.79 Å². The lowest BCUT2D eigenvalue weighted by Gasteiger charge is -2.20. The molecule has 0 amide bonds. The van der Waals surface area contributed by atoms with Crippen LogP contribution < -0.4 is 9.47 Å². The van der Waals surface area contributed by atoms with Crippen LogP contribution in [-0.2, 0) is 17.8 Å². The second kappa shape index (κ2) is 9.53. The second-order valence-corrected chi connectivity index (χ2v) is 8.33. The molecule has 1 aromatic heterocycles. The van der Waals surface area contributed by atoms with Gasteiger partial charge in [0.2, 0.25) is 0 Å². The van der Waals surface area contributed by atoms with E-state index in [0.29, 0.717) is 12.2 Å². The molecule has 6 heteroatoms. The summed E-state index contributed by atoms with van der Waals surface area (Å²) in [5.74, 6) is 1.19. The molecule has 0 N–H and O–H groups in total. The molecule has 0 radical (unpaired) electrons. The molecule has 2 heterocycles. The number of hydrogen-bond donors (Lipinski definition) is 0. The molecule has 4 aromatic rings. The quantitative estimate of drug-likeness (QED) is 0.392. The second-order valence-electron chi connectivity index (χ2n) is 8.33. The van der Waals surface area contributed by atoms with Crippen molar-refractivity contribution in [2.45, 2.75) is 13.1 Å². The van der Waals surface area contributed by atoms with Gasteiger partial charge < -0.3 is 14.2 Å². The lowest BCUT2D eigenvalue weighted by Crippen LogP contribution is -2.25. The number of para-hydroxylation sites is 1. The van der Waals surface area contributed by atoms with Crippen LogP contribution in [0.15, 0.2) is 72.9 Å². The average molecular weight is 455 g/mol. The van der Waals surface area contributed by atoms with Crippen molar-refractivity contribution in [2.24, 2.45) is 0 Å². The standard InChI is InChI=1S/C28H26N2O4/c1-32-26-15-22(23-13-21-5-3-4-6-25(21)29-16-23)14-24-18-30(11-12-34-27(24)26)17-19-7-9-20(10-8-19)28(31)33-2/h3-10,13-16H,11-12,17-18H2,1-2H3. The maximum atomic E-state index is 11.7. The predicted molar refractivity (Wildman–Crippen MR) is 131 cm³/mol. The van der Waals surface area contributed by atoms with Gasteiger partial charge in [-0.15, -0.1) is 0 Å². The maximum absolute atomic E-state index is 11.7. The first kappa shape index (κ1) is 21.9. The molecular weight excluding hydrogens is 428 g/mol. The van der Waals surface area contributed by atoms with Gasteiger partial charge in [-0.25, -0.2) is 4.79 Å². The fraction of sp³-hybridized carbons (Fsp3) is 0.214. The molecule has 3 aromatic carbocycles. The maximum Gasteiger partial charge on any atom is 0.337 e. The monoisotopic (exact) mass is 454 g/mol. The number of fused-ring (bicyclic) bond motifs is 2. The molecule has 0 saturated carbocycles. The van der Waals surface area contributed by atoms with Crippen LogP contribution >= 0.6 is 0 Å². The van der Waals surface area contributed by atoms with E-state index in [1.165, 1.54) is 7.11 Å². The molecule has 1 aliphatic rings. The Kier molecular flexibility index (Phi) is 6.14. The highest BCUT2D eigenvalue weighted by molar-refractivity contribution is 5.89. The zero-order chi connectivity index (χ0) is 23.5. The Morgan fingerprint density at radius 2 is 1.85 bits per heavy atom. The van der Waals surface area contributed by atoms with E-state index < -0.39 is 0 Å². The summed E-state index contributed by atoms with van der Waals surface area (Å²) in [6.07, 6.45) is 1.90. The SMILES string of the molecule is COC(=O)c1ccc(CN2CCOc3c(cc(-c4cnc5ccccc5c4)cc3OC)C2)cc1. The number of ether oxygens (including phenoxy) is 3. The molecule has 0 bridgehead atoms. The van der Waals surface area contributed by atoms with Gasteiger partial charge in [0.05, 0.1) is 25.3 Å². The van der Waals surface area contributed by atoms with Gasteiger partial charge in [-0.05, 0) is 47.5 Å². The zero-order valence-corrected chi connectivity index (χ0v) is 19.3. The summed E-state index contributed by atoms with van der Waals surface area (Å²) in [6, 6.07) is 22.0. The molecular formula is C28H26N2O4. The van der Waals surface area contributed by atoms with Gasteiger partial charge in [0, 0.05) is 42.3 Å². The summed E-state index contributed by atoms with van der Waals surface area (Å²) in [7, 11) is 3.06. The Hall–Kier alpha value is -3.90. The van der Waals surface area contributed by atoms with Gasteiger partial charge in [-0.3, -0.25) is 9.88 Å². The number of pyridine rings is 1. The molecule has 0 aliphatic carbocycles. The van der Waals surface area contributed by atoms with Crippen molar-refractivity contribution in [3.8, 4) is 22.6 Å². The molecule has 1 aliphatic heterocycles. The summed E-state index contributed by atoms with van der Waals surface area (Å²) in [5, 5.41) is 1.10. The smallest absolute Gasteiger partial charge is 0.337 e. The van der Waals surface area contributed by atoms with Gasteiger partial charge in [-0.1, -0.05) is 30.3 Å². The Morgan fingerprint density at radius 3 is 2.65 bits per heavy atom. The number of benzene rings is 3. The highest BCUT2D eigenvalue weighted by Crippen LogP contribution is 2.38. The fourth-order valence-electron chi connectivity index (χ4n) is 4.34. The Balaban J connectivity index is 1.43. The highest BCUT2D eigenvalue weighted by atomic mass is 16.5. The van der Waals surface area contributed by atoms with E-state index in [1.807, 2.05) is 42.6 Å².